The van der Waals surface area contributed by atoms with Crippen LogP contribution in [0.25, 0.3) is 0 Å². The second-order valence-electron chi connectivity index (χ2n) is 4.29. The van der Waals surface area contributed by atoms with Crippen LogP contribution >= 0.6 is 0 Å². The molecular formula is C11H17NO4. The van der Waals surface area contributed by atoms with Crippen molar-refractivity contribution in [3.63, 3.8) is 0 Å². The molecule has 1 amide bonds. The third kappa shape index (κ3) is 2.13. The van der Waals surface area contributed by atoms with Gasteiger partial charge in [-0.15, -0.1) is 0 Å². The van der Waals surface area contributed by atoms with Gasteiger partial charge in [-0.2, -0.15) is 0 Å². The van der Waals surface area contributed by atoms with Crippen molar-refractivity contribution in [3.05, 3.63) is 0 Å². The van der Waals surface area contributed by atoms with Crippen molar-refractivity contribution in [1.82, 2.24) is 5.32 Å². The lowest BCUT2D eigenvalue weighted by Gasteiger charge is -2.20. The Morgan fingerprint density at radius 2 is 2.19 bits per heavy atom. The molecule has 2 atom stereocenters. The fourth-order valence-corrected chi connectivity index (χ4v) is 2.51. The smallest absolute Gasteiger partial charge is 0.408 e. The molecule has 0 radical (unpaired) electrons. The number of esters is 1. The van der Waals surface area contributed by atoms with Gasteiger partial charge in [0.05, 0.1) is 6.61 Å². The van der Waals surface area contributed by atoms with Crippen LogP contribution in [-0.4, -0.2) is 30.8 Å². The van der Waals surface area contributed by atoms with Gasteiger partial charge in [-0.3, -0.25) is 0 Å². The monoisotopic (exact) mass is 227 g/mol. The minimum Gasteiger partial charge on any atom is -0.464 e. The highest BCUT2D eigenvalue weighted by Gasteiger charge is 2.45. The Hall–Kier alpha value is -1.26. The van der Waals surface area contributed by atoms with Crippen molar-refractivity contribution in [2.45, 2.75) is 44.8 Å². The minimum absolute atomic E-state index is 0.299. The molecule has 0 bridgehead atoms. The molecule has 1 N–H and O–H groups in total. The lowest BCUT2D eigenvalue weighted by Crippen LogP contribution is -2.43. The summed E-state index contributed by atoms with van der Waals surface area (Å²) >= 11 is 0. The maximum atomic E-state index is 11.6. The third-order valence-electron chi connectivity index (χ3n) is 3.25. The number of nitrogens with one attached hydrogen (secondary N) is 1. The largest absolute Gasteiger partial charge is 0.464 e. The Bertz CT molecular complexity index is 286. The van der Waals surface area contributed by atoms with Crippen LogP contribution in [0.5, 0.6) is 0 Å². The molecule has 1 saturated carbocycles. The van der Waals surface area contributed by atoms with Crippen molar-refractivity contribution in [2.75, 3.05) is 6.61 Å². The topological polar surface area (TPSA) is 64.6 Å². The van der Waals surface area contributed by atoms with E-state index in [0.29, 0.717) is 12.5 Å². The first-order valence-corrected chi connectivity index (χ1v) is 5.86. The average Bonchev–Trinajstić information content (AvgIpc) is 2.85. The molecule has 0 aromatic carbocycles. The predicted molar refractivity (Wildman–Crippen MR) is 55.8 cm³/mol. The van der Waals surface area contributed by atoms with Crippen molar-refractivity contribution in [1.29, 1.82) is 0 Å². The molecule has 0 aromatic heterocycles. The van der Waals surface area contributed by atoms with Crippen molar-refractivity contribution >= 4 is 12.1 Å². The first kappa shape index (κ1) is 11.2. The summed E-state index contributed by atoms with van der Waals surface area (Å²) in [5.41, 5.74) is 0. The summed E-state index contributed by atoms with van der Waals surface area (Å²) in [5.74, 6) is -0.0846. The molecule has 1 aliphatic carbocycles. The van der Waals surface area contributed by atoms with Gasteiger partial charge in [0.25, 0.3) is 0 Å². The normalized spacial score (nSPS) is 29.9. The molecule has 90 valence electrons. The highest BCUT2D eigenvalue weighted by molar-refractivity contribution is 5.85. The Balaban J connectivity index is 2.03. The maximum Gasteiger partial charge on any atom is 0.408 e. The van der Waals surface area contributed by atoms with Crippen LogP contribution in [0.15, 0.2) is 0 Å². The van der Waals surface area contributed by atoms with E-state index in [-0.39, 0.29) is 12.1 Å². The minimum atomic E-state index is -0.615. The van der Waals surface area contributed by atoms with Crippen LogP contribution in [-0.2, 0) is 14.3 Å². The van der Waals surface area contributed by atoms with Gasteiger partial charge in [0, 0.05) is 0 Å². The number of cyclic esters (lactones) is 1. The molecule has 16 heavy (non-hydrogen) atoms. The molecule has 2 aliphatic rings. The van der Waals surface area contributed by atoms with E-state index in [1.54, 1.807) is 6.92 Å². The van der Waals surface area contributed by atoms with E-state index in [1.807, 2.05) is 0 Å². The number of rotatable bonds is 3. The maximum absolute atomic E-state index is 11.6. The summed E-state index contributed by atoms with van der Waals surface area (Å²) in [6.07, 6.45) is 3.50. The van der Waals surface area contributed by atoms with Gasteiger partial charge in [0.15, 0.2) is 6.04 Å². The zero-order valence-electron chi connectivity index (χ0n) is 9.40. The standard InChI is InChI=1S/C11H17NO4/c1-2-15-10(13)8-9(16-11(14)12-8)7-5-3-4-6-7/h7-9H,2-6H2,1H3,(H,12,14). The van der Waals surface area contributed by atoms with Gasteiger partial charge in [0.2, 0.25) is 0 Å². The number of amides is 1. The van der Waals surface area contributed by atoms with Crippen LogP contribution in [0, 0.1) is 5.92 Å². The fraction of sp³-hybridized carbons (Fsp3) is 0.818. The van der Waals surface area contributed by atoms with Crippen LogP contribution in [0.4, 0.5) is 4.79 Å². The Morgan fingerprint density at radius 1 is 1.50 bits per heavy atom. The molecule has 0 spiro atoms. The average molecular weight is 227 g/mol. The molecule has 2 rings (SSSR count). The number of carbonyl (C=O) groups is 2. The SMILES string of the molecule is CCOC(=O)C1NC(=O)OC1C1CCCC1. The zero-order valence-corrected chi connectivity index (χ0v) is 9.40. The first-order valence-electron chi connectivity index (χ1n) is 5.86. The van der Waals surface area contributed by atoms with E-state index in [9.17, 15) is 9.59 Å². The summed E-state index contributed by atoms with van der Waals surface area (Å²) in [6, 6.07) is -0.615. The van der Waals surface area contributed by atoms with Gasteiger partial charge >= 0.3 is 12.1 Å². The summed E-state index contributed by atoms with van der Waals surface area (Å²) in [6.45, 7) is 2.07. The van der Waals surface area contributed by atoms with E-state index in [0.717, 1.165) is 25.7 Å². The molecule has 2 fully saturated rings. The van der Waals surface area contributed by atoms with E-state index in [1.165, 1.54) is 0 Å². The molecule has 2 unspecified atom stereocenters. The molecular weight excluding hydrogens is 210 g/mol. The summed E-state index contributed by atoms with van der Waals surface area (Å²) in [7, 11) is 0. The Morgan fingerprint density at radius 3 is 2.81 bits per heavy atom. The molecule has 5 heteroatoms. The fourth-order valence-electron chi connectivity index (χ4n) is 2.51. The van der Waals surface area contributed by atoms with Gasteiger partial charge in [-0.25, -0.2) is 9.59 Å². The summed E-state index contributed by atoms with van der Waals surface area (Å²) < 4.78 is 10.1. The quantitative estimate of drug-likeness (QED) is 0.736. The van der Waals surface area contributed by atoms with Crippen LogP contribution in [0.1, 0.15) is 32.6 Å². The lowest BCUT2D eigenvalue weighted by molar-refractivity contribution is -0.147. The van der Waals surface area contributed by atoms with E-state index >= 15 is 0 Å². The predicted octanol–water partition coefficient (Wildman–Crippen LogP) is 1.22. The number of ether oxygens (including phenoxy) is 2. The molecule has 1 saturated heterocycles. The summed E-state index contributed by atoms with van der Waals surface area (Å²) in [5, 5.41) is 2.53. The van der Waals surface area contributed by atoms with Crippen LogP contribution < -0.4 is 5.32 Å². The molecule has 0 aromatic rings. The van der Waals surface area contributed by atoms with Gasteiger partial charge in [0.1, 0.15) is 6.10 Å². The van der Waals surface area contributed by atoms with Crippen molar-refractivity contribution < 1.29 is 19.1 Å². The number of hydrogen-bond donors (Lipinski definition) is 1. The zero-order chi connectivity index (χ0) is 11.5. The van der Waals surface area contributed by atoms with E-state index < -0.39 is 12.1 Å². The highest BCUT2D eigenvalue weighted by Crippen LogP contribution is 2.32. The lowest BCUT2D eigenvalue weighted by atomic mass is 9.95. The van der Waals surface area contributed by atoms with Crippen LogP contribution in [0.2, 0.25) is 0 Å². The van der Waals surface area contributed by atoms with Crippen molar-refractivity contribution in [2.24, 2.45) is 5.92 Å². The molecule has 5 nitrogen and oxygen atoms in total. The Kier molecular flexibility index (Phi) is 3.31. The third-order valence-corrected chi connectivity index (χ3v) is 3.25. The second kappa shape index (κ2) is 4.72. The number of alkyl carbamates (subject to hydrolysis) is 1. The summed E-state index contributed by atoms with van der Waals surface area (Å²) in [4.78, 5) is 22.8. The first-order chi connectivity index (χ1) is 7.72. The van der Waals surface area contributed by atoms with E-state index in [2.05, 4.69) is 5.32 Å². The van der Waals surface area contributed by atoms with Gasteiger partial charge in [-0.1, -0.05) is 12.8 Å². The van der Waals surface area contributed by atoms with E-state index in [4.69, 9.17) is 9.47 Å². The Labute approximate surface area is 94.5 Å². The number of hydrogen-bond acceptors (Lipinski definition) is 4. The van der Waals surface area contributed by atoms with Gasteiger partial charge in [-0.05, 0) is 25.7 Å². The highest BCUT2D eigenvalue weighted by atomic mass is 16.6. The van der Waals surface area contributed by atoms with Gasteiger partial charge < -0.3 is 14.8 Å². The molecule has 1 heterocycles. The molecule has 1 aliphatic heterocycles. The number of carbonyl (C=O) groups excluding carboxylic acids is 2. The van der Waals surface area contributed by atoms with Crippen molar-refractivity contribution in [3.8, 4) is 0 Å². The van der Waals surface area contributed by atoms with Crippen LogP contribution in [0.3, 0.4) is 0 Å². The second-order valence-corrected chi connectivity index (χ2v) is 4.29.